The summed E-state index contributed by atoms with van der Waals surface area (Å²) in [4.78, 5) is 19.4. The van der Waals surface area contributed by atoms with E-state index in [-0.39, 0.29) is 11.4 Å². The smallest absolute Gasteiger partial charge is 0.251 e. The van der Waals surface area contributed by atoms with Crippen molar-refractivity contribution in [2.75, 3.05) is 0 Å². The average molecular weight is 307 g/mol. The van der Waals surface area contributed by atoms with Crippen LogP contribution < -0.4 is 11.3 Å². The Morgan fingerprint density at radius 1 is 1.48 bits per heavy atom. The number of halogens is 1. The molecule has 2 aromatic rings. The minimum Gasteiger partial charge on any atom is -0.324 e. The molecule has 1 aromatic heterocycles. The zero-order valence-corrected chi connectivity index (χ0v) is 12.8. The van der Waals surface area contributed by atoms with Gasteiger partial charge in [-0.25, -0.2) is 9.37 Å². The number of nitrogens with one attached hydrogen (secondary N) is 1. The van der Waals surface area contributed by atoms with Crippen LogP contribution >= 0.6 is 11.8 Å². The minimum atomic E-state index is -0.431. The van der Waals surface area contributed by atoms with Crippen LogP contribution in [-0.4, -0.2) is 9.97 Å². The summed E-state index contributed by atoms with van der Waals surface area (Å²) < 4.78 is 13.9. The van der Waals surface area contributed by atoms with E-state index in [1.54, 1.807) is 19.1 Å². The number of benzene rings is 1. The second-order valence-corrected chi connectivity index (χ2v) is 5.86. The van der Waals surface area contributed by atoms with Gasteiger partial charge in [0.2, 0.25) is 0 Å². The molecule has 0 aliphatic carbocycles. The highest BCUT2D eigenvalue weighted by Gasteiger charge is 2.14. The summed E-state index contributed by atoms with van der Waals surface area (Å²) in [7, 11) is 0. The molecule has 1 heterocycles. The second kappa shape index (κ2) is 6.87. The SMILES string of the molecule is CCCc1cc(=O)[nH]c(Sc2cccc(F)c2[C@@H](C)N)n1. The Bertz CT molecular complexity index is 685. The standard InChI is InChI=1S/C15H18FN3OS/c1-3-5-10-8-13(20)19-15(18-10)21-12-7-4-6-11(16)14(12)9(2)17/h4,6-9H,3,5,17H2,1-2H3,(H,18,19,20)/t9-/m1/s1. The highest BCUT2D eigenvalue weighted by molar-refractivity contribution is 7.99. The van der Waals surface area contributed by atoms with Crippen LogP contribution in [0, 0.1) is 5.82 Å². The molecule has 0 bridgehead atoms. The number of aryl methyl sites for hydroxylation is 1. The normalized spacial score (nSPS) is 12.4. The third-order valence-electron chi connectivity index (χ3n) is 2.95. The molecular formula is C15H18FN3OS. The van der Waals surface area contributed by atoms with E-state index in [0.29, 0.717) is 15.6 Å². The Balaban J connectivity index is 2.39. The average Bonchev–Trinajstić information content (AvgIpc) is 2.37. The quantitative estimate of drug-likeness (QED) is 0.833. The maximum atomic E-state index is 13.9. The molecular weight excluding hydrogens is 289 g/mol. The highest BCUT2D eigenvalue weighted by Crippen LogP contribution is 2.32. The third kappa shape index (κ3) is 3.92. The van der Waals surface area contributed by atoms with Gasteiger partial charge in [0.15, 0.2) is 5.16 Å². The Kier molecular flexibility index (Phi) is 5.14. The molecule has 6 heteroatoms. The largest absolute Gasteiger partial charge is 0.324 e. The fourth-order valence-corrected chi connectivity index (χ4v) is 3.13. The van der Waals surface area contributed by atoms with Crippen molar-refractivity contribution in [2.24, 2.45) is 5.73 Å². The van der Waals surface area contributed by atoms with Crippen molar-refractivity contribution in [3.8, 4) is 0 Å². The predicted molar refractivity (Wildman–Crippen MR) is 82.0 cm³/mol. The number of rotatable bonds is 5. The number of H-pyrrole nitrogens is 1. The lowest BCUT2D eigenvalue weighted by atomic mass is 10.1. The van der Waals surface area contributed by atoms with E-state index >= 15 is 0 Å². The van der Waals surface area contributed by atoms with Gasteiger partial charge in [-0.15, -0.1) is 0 Å². The van der Waals surface area contributed by atoms with E-state index < -0.39 is 6.04 Å². The fraction of sp³-hybridized carbons (Fsp3) is 0.333. The van der Waals surface area contributed by atoms with Crippen LogP contribution in [0.2, 0.25) is 0 Å². The molecule has 112 valence electrons. The molecule has 0 saturated carbocycles. The summed E-state index contributed by atoms with van der Waals surface area (Å²) >= 11 is 1.22. The van der Waals surface area contributed by atoms with Gasteiger partial charge in [-0.2, -0.15) is 0 Å². The number of hydrogen-bond acceptors (Lipinski definition) is 4. The first-order valence-corrected chi connectivity index (χ1v) is 7.65. The summed E-state index contributed by atoms with van der Waals surface area (Å²) in [6, 6.07) is 5.84. The van der Waals surface area contributed by atoms with Crippen molar-refractivity contribution < 1.29 is 4.39 Å². The summed E-state index contributed by atoms with van der Waals surface area (Å²) in [5, 5.41) is 0.457. The monoisotopic (exact) mass is 307 g/mol. The minimum absolute atomic E-state index is 0.199. The lowest BCUT2D eigenvalue weighted by Crippen LogP contribution is -2.11. The number of aromatic amines is 1. The number of nitrogens with zero attached hydrogens (tertiary/aromatic N) is 1. The molecule has 21 heavy (non-hydrogen) atoms. The van der Waals surface area contributed by atoms with E-state index in [4.69, 9.17) is 5.73 Å². The van der Waals surface area contributed by atoms with Gasteiger partial charge >= 0.3 is 0 Å². The Morgan fingerprint density at radius 2 is 2.24 bits per heavy atom. The molecule has 0 aliphatic heterocycles. The molecule has 4 nitrogen and oxygen atoms in total. The Morgan fingerprint density at radius 3 is 2.90 bits per heavy atom. The van der Waals surface area contributed by atoms with E-state index in [0.717, 1.165) is 18.5 Å². The summed E-state index contributed by atoms with van der Waals surface area (Å²) in [6.07, 6.45) is 1.65. The van der Waals surface area contributed by atoms with Gasteiger partial charge in [0.05, 0.1) is 0 Å². The van der Waals surface area contributed by atoms with Gasteiger partial charge in [0, 0.05) is 28.3 Å². The zero-order valence-electron chi connectivity index (χ0n) is 12.0. The molecule has 1 aromatic carbocycles. The zero-order chi connectivity index (χ0) is 15.4. The molecule has 0 aliphatic rings. The summed E-state index contributed by atoms with van der Waals surface area (Å²) in [5.74, 6) is -0.345. The van der Waals surface area contributed by atoms with Gasteiger partial charge in [0.25, 0.3) is 5.56 Å². The van der Waals surface area contributed by atoms with Crippen LogP contribution in [0.4, 0.5) is 4.39 Å². The molecule has 0 saturated heterocycles. The van der Waals surface area contributed by atoms with Gasteiger partial charge in [-0.05, 0) is 25.5 Å². The van der Waals surface area contributed by atoms with Gasteiger partial charge in [0.1, 0.15) is 5.82 Å². The predicted octanol–water partition coefficient (Wildman–Crippen LogP) is 3.03. The molecule has 0 spiro atoms. The van der Waals surface area contributed by atoms with Crippen LogP contribution in [0.1, 0.15) is 37.6 Å². The van der Waals surface area contributed by atoms with Crippen LogP contribution in [-0.2, 0) is 6.42 Å². The summed E-state index contributed by atoms with van der Waals surface area (Å²) in [6.45, 7) is 3.75. The van der Waals surface area contributed by atoms with Gasteiger partial charge in [-0.1, -0.05) is 31.2 Å². The first kappa shape index (κ1) is 15.7. The number of hydrogen-bond donors (Lipinski definition) is 2. The van der Waals surface area contributed by atoms with Gasteiger partial charge in [-0.3, -0.25) is 4.79 Å². The molecule has 0 fully saturated rings. The number of nitrogens with two attached hydrogens (primary N) is 1. The van der Waals surface area contributed by atoms with Crippen molar-refractivity contribution in [2.45, 2.75) is 42.8 Å². The molecule has 1 atom stereocenters. The molecule has 0 radical (unpaired) electrons. The fourth-order valence-electron chi connectivity index (χ4n) is 2.07. The van der Waals surface area contributed by atoms with E-state index in [1.807, 2.05) is 6.92 Å². The highest BCUT2D eigenvalue weighted by atomic mass is 32.2. The van der Waals surface area contributed by atoms with Crippen LogP contribution in [0.25, 0.3) is 0 Å². The van der Waals surface area contributed by atoms with Crippen LogP contribution in [0.3, 0.4) is 0 Å². The Hall–Kier alpha value is -1.66. The molecule has 3 N–H and O–H groups in total. The van der Waals surface area contributed by atoms with Crippen LogP contribution in [0.5, 0.6) is 0 Å². The lowest BCUT2D eigenvalue weighted by molar-refractivity contribution is 0.585. The first-order valence-electron chi connectivity index (χ1n) is 6.83. The van der Waals surface area contributed by atoms with Crippen molar-refractivity contribution >= 4 is 11.8 Å². The first-order chi connectivity index (χ1) is 10.0. The van der Waals surface area contributed by atoms with Crippen molar-refractivity contribution in [1.82, 2.24) is 9.97 Å². The third-order valence-corrected chi connectivity index (χ3v) is 3.92. The molecule has 0 amide bonds. The molecule has 2 rings (SSSR count). The lowest BCUT2D eigenvalue weighted by Gasteiger charge is -2.13. The van der Waals surface area contributed by atoms with E-state index in [2.05, 4.69) is 9.97 Å². The maximum absolute atomic E-state index is 13.9. The second-order valence-electron chi connectivity index (χ2n) is 4.83. The molecule has 0 unspecified atom stereocenters. The van der Waals surface area contributed by atoms with Crippen LogP contribution in [0.15, 0.2) is 39.1 Å². The van der Waals surface area contributed by atoms with Crippen molar-refractivity contribution in [3.05, 3.63) is 51.7 Å². The van der Waals surface area contributed by atoms with Crippen molar-refractivity contribution in [1.29, 1.82) is 0 Å². The van der Waals surface area contributed by atoms with Gasteiger partial charge < -0.3 is 10.7 Å². The maximum Gasteiger partial charge on any atom is 0.251 e. The van der Waals surface area contributed by atoms with E-state index in [1.165, 1.54) is 23.9 Å². The summed E-state index contributed by atoms with van der Waals surface area (Å²) in [5.41, 5.74) is 6.81. The number of aromatic nitrogens is 2. The van der Waals surface area contributed by atoms with Crippen molar-refractivity contribution in [3.63, 3.8) is 0 Å². The topological polar surface area (TPSA) is 71.8 Å². The van der Waals surface area contributed by atoms with E-state index in [9.17, 15) is 9.18 Å². The Labute approximate surface area is 127 Å².